The van der Waals surface area contributed by atoms with Crippen molar-refractivity contribution in [2.75, 3.05) is 0 Å². The van der Waals surface area contributed by atoms with Gasteiger partial charge in [0.05, 0.1) is 28.5 Å². The van der Waals surface area contributed by atoms with E-state index >= 15 is 0 Å². The number of nitrogens with one attached hydrogen (secondary N) is 1. The third-order valence-corrected chi connectivity index (χ3v) is 4.14. The van der Waals surface area contributed by atoms with Crippen molar-refractivity contribution in [3.63, 3.8) is 0 Å². The number of carbonyl (C=O) groups is 1. The number of aryl methyl sites for hydroxylation is 2. The molecule has 1 amide bonds. The van der Waals surface area contributed by atoms with Crippen LogP contribution in [0.4, 0.5) is 13.2 Å². The number of imidazole rings is 1. The summed E-state index contributed by atoms with van der Waals surface area (Å²) in [6, 6.07) is 4.47. The quantitative estimate of drug-likeness (QED) is 0.746. The minimum Gasteiger partial charge on any atom is -0.345 e. The molecule has 3 aromatic heterocycles. The largest absolute Gasteiger partial charge is 0.417 e. The van der Waals surface area contributed by atoms with Gasteiger partial charge in [0.25, 0.3) is 5.91 Å². The highest BCUT2D eigenvalue weighted by Gasteiger charge is 2.31. The molecule has 0 unspecified atom stereocenters. The first-order chi connectivity index (χ1) is 12.2. The number of amides is 1. The van der Waals surface area contributed by atoms with Crippen molar-refractivity contribution < 1.29 is 18.0 Å². The van der Waals surface area contributed by atoms with Gasteiger partial charge >= 0.3 is 6.18 Å². The average Bonchev–Trinajstić information content (AvgIpc) is 2.87. The minimum absolute atomic E-state index is 0.103. The molecule has 9 heteroatoms. The molecule has 136 valence electrons. The second kappa shape index (κ2) is 6.60. The molecule has 0 atom stereocenters. The Bertz CT molecular complexity index is 998. The van der Waals surface area contributed by atoms with Crippen LogP contribution in [0.5, 0.6) is 0 Å². The molecule has 0 aliphatic heterocycles. The van der Waals surface area contributed by atoms with Gasteiger partial charge < -0.3 is 5.32 Å². The topological polar surface area (TPSA) is 59.3 Å². The standard InChI is InChI=1S/C17H14ClF3N4O/c1-9-3-4-14-24-10(2)15(25(14)8-9)16(26)23-7-13-12(18)5-11(6-22-13)17(19,20)21/h3-6,8H,7H2,1-2H3,(H,23,26). The fraction of sp³-hybridized carbons (Fsp3) is 0.235. The Kier molecular flexibility index (Phi) is 4.62. The van der Waals surface area contributed by atoms with Crippen molar-refractivity contribution in [2.24, 2.45) is 0 Å². The molecule has 3 heterocycles. The number of pyridine rings is 2. The van der Waals surface area contributed by atoms with Gasteiger partial charge in [-0.1, -0.05) is 17.7 Å². The predicted octanol–water partition coefficient (Wildman–Crippen LogP) is 3.95. The lowest BCUT2D eigenvalue weighted by Crippen LogP contribution is -2.25. The van der Waals surface area contributed by atoms with E-state index in [2.05, 4.69) is 15.3 Å². The maximum atomic E-state index is 12.6. The predicted molar refractivity (Wildman–Crippen MR) is 90.1 cm³/mol. The number of nitrogens with zero attached hydrogens (tertiary/aromatic N) is 3. The molecular weight excluding hydrogens is 369 g/mol. The monoisotopic (exact) mass is 382 g/mol. The van der Waals surface area contributed by atoms with E-state index in [4.69, 9.17) is 11.6 Å². The Labute approximate surface area is 151 Å². The highest BCUT2D eigenvalue weighted by molar-refractivity contribution is 6.31. The third kappa shape index (κ3) is 3.50. The number of carbonyl (C=O) groups excluding carboxylic acids is 1. The van der Waals surface area contributed by atoms with Crippen molar-refractivity contribution in [3.05, 3.63) is 63.8 Å². The molecule has 0 spiro atoms. The first-order valence-electron chi connectivity index (χ1n) is 7.62. The fourth-order valence-electron chi connectivity index (χ4n) is 2.54. The highest BCUT2D eigenvalue weighted by Crippen LogP contribution is 2.31. The van der Waals surface area contributed by atoms with E-state index in [1.807, 2.05) is 13.0 Å². The fourth-order valence-corrected chi connectivity index (χ4v) is 2.77. The summed E-state index contributed by atoms with van der Waals surface area (Å²) in [6.45, 7) is 3.50. The molecule has 0 radical (unpaired) electrons. The molecule has 0 aliphatic rings. The van der Waals surface area contributed by atoms with Crippen LogP contribution in [-0.2, 0) is 12.7 Å². The van der Waals surface area contributed by atoms with Gasteiger partial charge in [-0.15, -0.1) is 0 Å². The molecule has 0 bridgehead atoms. The van der Waals surface area contributed by atoms with E-state index in [1.54, 1.807) is 23.6 Å². The Morgan fingerprint density at radius 1 is 1.31 bits per heavy atom. The van der Waals surface area contributed by atoms with E-state index in [1.165, 1.54) is 0 Å². The molecular formula is C17H14ClF3N4O. The Hall–Kier alpha value is -2.61. The van der Waals surface area contributed by atoms with Crippen LogP contribution in [0.2, 0.25) is 5.02 Å². The zero-order valence-corrected chi connectivity index (χ0v) is 14.6. The molecule has 3 rings (SSSR count). The SMILES string of the molecule is Cc1ccc2nc(C)c(C(=O)NCc3ncc(C(F)(F)F)cc3Cl)n2c1. The van der Waals surface area contributed by atoms with Crippen LogP contribution < -0.4 is 5.32 Å². The van der Waals surface area contributed by atoms with Crippen LogP contribution in [0.1, 0.15) is 33.0 Å². The van der Waals surface area contributed by atoms with E-state index in [0.717, 1.165) is 11.6 Å². The van der Waals surface area contributed by atoms with Crippen molar-refractivity contribution in [3.8, 4) is 0 Å². The molecule has 26 heavy (non-hydrogen) atoms. The summed E-state index contributed by atoms with van der Waals surface area (Å²) in [4.78, 5) is 20.6. The molecule has 5 nitrogen and oxygen atoms in total. The number of rotatable bonds is 3. The van der Waals surface area contributed by atoms with Gasteiger partial charge in [0.15, 0.2) is 0 Å². The summed E-state index contributed by atoms with van der Waals surface area (Å²) in [6.07, 6.45) is -2.05. The molecule has 0 saturated heterocycles. The highest BCUT2D eigenvalue weighted by atomic mass is 35.5. The zero-order chi connectivity index (χ0) is 19.1. The van der Waals surface area contributed by atoms with Gasteiger partial charge in [0, 0.05) is 12.4 Å². The summed E-state index contributed by atoms with van der Waals surface area (Å²) >= 11 is 5.86. The number of hydrogen-bond acceptors (Lipinski definition) is 3. The van der Waals surface area contributed by atoms with Gasteiger partial charge in [-0.25, -0.2) is 4.98 Å². The van der Waals surface area contributed by atoms with Crippen molar-refractivity contribution in [1.29, 1.82) is 0 Å². The second-order valence-electron chi connectivity index (χ2n) is 5.81. The number of aromatic nitrogens is 3. The maximum Gasteiger partial charge on any atom is 0.417 e. The average molecular weight is 383 g/mol. The Balaban J connectivity index is 1.82. The summed E-state index contributed by atoms with van der Waals surface area (Å²) in [7, 11) is 0. The van der Waals surface area contributed by atoms with Crippen LogP contribution in [0.25, 0.3) is 5.65 Å². The van der Waals surface area contributed by atoms with Gasteiger partial charge in [-0.3, -0.25) is 14.2 Å². The van der Waals surface area contributed by atoms with Crippen LogP contribution in [0.15, 0.2) is 30.6 Å². The summed E-state index contributed by atoms with van der Waals surface area (Å²) in [5.41, 5.74) is 1.69. The van der Waals surface area contributed by atoms with E-state index < -0.39 is 17.6 Å². The van der Waals surface area contributed by atoms with Crippen LogP contribution in [-0.4, -0.2) is 20.3 Å². The second-order valence-corrected chi connectivity index (χ2v) is 6.22. The molecule has 0 aromatic carbocycles. The zero-order valence-electron chi connectivity index (χ0n) is 13.9. The number of fused-ring (bicyclic) bond motifs is 1. The van der Waals surface area contributed by atoms with E-state index in [-0.39, 0.29) is 17.3 Å². The normalized spacial score (nSPS) is 11.8. The molecule has 0 aliphatic carbocycles. The Morgan fingerprint density at radius 3 is 2.69 bits per heavy atom. The smallest absolute Gasteiger partial charge is 0.345 e. The maximum absolute atomic E-state index is 12.6. The Morgan fingerprint density at radius 2 is 2.04 bits per heavy atom. The summed E-state index contributed by atoms with van der Waals surface area (Å²) in [5, 5.41) is 2.46. The molecule has 0 saturated carbocycles. The van der Waals surface area contributed by atoms with E-state index in [9.17, 15) is 18.0 Å². The number of halogens is 4. The van der Waals surface area contributed by atoms with Gasteiger partial charge in [-0.05, 0) is 31.5 Å². The van der Waals surface area contributed by atoms with Gasteiger partial charge in [0.2, 0.25) is 0 Å². The lowest BCUT2D eigenvalue weighted by molar-refractivity contribution is -0.137. The lowest BCUT2D eigenvalue weighted by atomic mass is 10.2. The summed E-state index contributed by atoms with van der Waals surface area (Å²) < 4.78 is 39.6. The van der Waals surface area contributed by atoms with Crippen molar-refractivity contribution in [1.82, 2.24) is 19.7 Å². The molecule has 3 aromatic rings. The first-order valence-corrected chi connectivity index (χ1v) is 7.99. The molecule has 0 fully saturated rings. The van der Waals surface area contributed by atoms with E-state index in [0.29, 0.717) is 23.2 Å². The lowest BCUT2D eigenvalue weighted by Gasteiger charge is -2.10. The van der Waals surface area contributed by atoms with Crippen LogP contribution in [0, 0.1) is 13.8 Å². The van der Waals surface area contributed by atoms with Crippen molar-refractivity contribution >= 4 is 23.2 Å². The van der Waals surface area contributed by atoms with Gasteiger partial charge in [-0.2, -0.15) is 13.2 Å². The van der Waals surface area contributed by atoms with Crippen LogP contribution >= 0.6 is 11.6 Å². The minimum atomic E-state index is -4.52. The first kappa shape index (κ1) is 18.2. The van der Waals surface area contributed by atoms with Gasteiger partial charge in [0.1, 0.15) is 11.3 Å². The third-order valence-electron chi connectivity index (χ3n) is 3.82. The van der Waals surface area contributed by atoms with Crippen molar-refractivity contribution in [2.45, 2.75) is 26.6 Å². The molecule has 1 N–H and O–H groups in total. The summed E-state index contributed by atoms with van der Waals surface area (Å²) in [5.74, 6) is -0.418. The number of alkyl halides is 3. The van der Waals surface area contributed by atoms with Crippen LogP contribution in [0.3, 0.4) is 0 Å². The number of hydrogen-bond donors (Lipinski definition) is 1.